The third-order valence-electron chi connectivity index (χ3n) is 4.57. The lowest BCUT2D eigenvalue weighted by Gasteiger charge is -2.41. The molecule has 8 N–H and O–H groups in total. The quantitative estimate of drug-likeness (QED) is 0.206. The van der Waals surface area contributed by atoms with Crippen LogP contribution in [0.2, 0.25) is 6.32 Å². The molecule has 1 fully saturated rings. The molecule has 0 heterocycles. The first-order chi connectivity index (χ1) is 10.7. The summed E-state index contributed by atoms with van der Waals surface area (Å²) < 4.78 is 0. The van der Waals surface area contributed by atoms with Crippen LogP contribution in [0.15, 0.2) is 0 Å². The number of hydrogen-bond donors (Lipinski definition) is 7. The number of rotatable bonds is 8. The maximum absolute atomic E-state index is 11.7. The topological polar surface area (TPSA) is 159 Å². The van der Waals surface area contributed by atoms with Crippen molar-refractivity contribution < 1.29 is 24.7 Å². The van der Waals surface area contributed by atoms with Gasteiger partial charge in [-0.2, -0.15) is 12.6 Å². The number of nitrogens with one attached hydrogen (secondary N) is 1. The van der Waals surface area contributed by atoms with Crippen molar-refractivity contribution in [2.24, 2.45) is 23.3 Å². The molecule has 1 aliphatic rings. The maximum Gasteiger partial charge on any atom is 0.451 e. The molecule has 0 unspecified atom stereocenters. The number of carboxylic acids is 1. The fourth-order valence-corrected chi connectivity index (χ4v) is 3.22. The van der Waals surface area contributed by atoms with E-state index in [0.717, 1.165) is 6.42 Å². The highest BCUT2D eigenvalue weighted by molar-refractivity contribution is 7.80. The average molecular weight is 347 g/mol. The molecule has 0 radical (unpaired) electrons. The smallest absolute Gasteiger partial charge is 0.451 e. The Hall–Kier alpha value is -0.805. The van der Waals surface area contributed by atoms with Crippen LogP contribution in [0.1, 0.15) is 25.7 Å². The average Bonchev–Trinajstić information content (AvgIpc) is 2.50. The standard InChI is InChI=1S/C13H26BN3O5S/c15-10(7-23)11(18)17-6-9-2-1-8(3-4-14(21)22)5-13(9,16)12(19)20/h8-10,21-23H,1-7,15-16H2,(H,17,18)(H,19,20)/t8-,9-,10-,13+/m0/s1. The van der Waals surface area contributed by atoms with Crippen LogP contribution in [-0.2, 0) is 9.59 Å². The van der Waals surface area contributed by atoms with Crippen LogP contribution < -0.4 is 16.8 Å². The second-order valence-corrected chi connectivity index (χ2v) is 6.65. The van der Waals surface area contributed by atoms with E-state index in [0.29, 0.717) is 12.8 Å². The summed E-state index contributed by atoms with van der Waals surface area (Å²) in [7, 11) is -1.40. The lowest BCUT2D eigenvalue weighted by atomic mass is 9.66. The molecular weight excluding hydrogens is 321 g/mol. The Balaban J connectivity index is 2.66. The number of carboxylic acid groups (broad SMARTS) is 1. The molecule has 0 aliphatic heterocycles. The van der Waals surface area contributed by atoms with Gasteiger partial charge in [-0.1, -0.05) is 6.42 Å². The molecule has 0 aromatic rings. The van der Waals surface area contributed by atoms with Crippen molar-refractivity contribution in [2.45, 2.75) is 43.6 Å². The minimum Gasteiger partial charge on any atom is -0.480 e. The summed E-state index contributed by atoms with van der Waals surface area (Å²) in [5, 5.41) is 30.0. The van der Waals surface area contributed by atoms with Crippen molar-refractivity contribution in [2.75, 3.05) is 12.3 Å². The molecule has 10 heteroatoms. The zero-order valence-electron chi connectivity index (χ0n) is 13.0. The normalized spacial score (nSPS) is 28.9. The maximum atomic E-state index is 11.7. The van der Waals surface area contributed by atoms with E-state index in [1.807, 2.05) is 0 Å². The van der Waals surface area contributed by atoms with Crippen LogP contribution >= 0.6 is 12.6 Å². The van der Waals surface area contributed by atoms with E-state index in [2.05, 4.69) is 17.9 Å². The fourth-order valence-electron chi connectivity index (χ4n) is 3.06. The van der Waals surface area contributed by atoms with E-state index in [1.54, 1.807) is 0 Å². The molecule has 0 aromatic heterocycles. The van der Waals surface area contributed by atoms with Crippen LogP contribution in [0, 0.1) is 11.8 Å². The minimum atomic E-state index is -1.44. The summed E-state index contributed by atoms with van der Waals surface area (Å²) in [5.41, 5.74) is 10.2. The van der Waals surface area contributed by atoms with E-state index in [9.17, 15) is 14.7 Å². The SMILES string of the molecule is N[C@@H](CS)C(=O)NC[C@@H]1CC[C@@H](CCB(O)O)C[C@]1(N)C(=O)O. The van der Waals surface area contributed by atoms with Gasteiger partial charge in [-0.15, -0.1) is 0 Å². The summed E-state index contributed by atoms with van der Waals surface area (Å²) in [6.07, 6.45) is 2.23. The monoisotopic (exact) mass is 347 g/mol. The third kappa shape index (κ3) is 5.64. The number of aliphatic carboxylic acids is 1. The molecule has 1 amide bonds. The first kappa shape index (κ1) is 20.2. The zero-order chi connectivity index (χ0) is 17.6. The first-order valence-corrected chi connectivity index (χ1v) is 8.36. The molecule has 132 valence electrons. The van der Waals surface area contributed by atoms with Crippen molar-refractivity contribution in [3.8, 4) is 0 Å². The van der Waals surface area contributed by atoms with E-state index < -0.39 is 30.6 Å². The summed E-state index contributed by atoms with van der Waals surface area (Å²) in [6.45, 7) is 0.151. The van der Waals surface area contributed by atoms with E-state index in [1.165, 1.54) is 0 Å². The Morgan fingerprint density at radius 1 is 1.39 bits per heavy atom. The Morgan fingerprint density at radius 3 is 2.57 bits per heavy atom. The Morgan fingerprint density at radius 2 is 2.04 bits per heavy atom. The second-order valence-electron chi connectivity index (χ2n) is 6.28. The highest BCUT2D eigenvalue weighted by Crippen LogP contribution is 2.38. The number of carbonyl (C=O) groups excluding carboxylic acids is 1. The molecular formula is C13H26BN3O5S. The number of carbonyl (C=O) groups is 2. The van der Waals surface area contributed by atoms with Gasteiger partial charge in [0.15, 0.2) is 0 Å². The summed E-state index contributed by atoms with van der Waals surface area (Å²) in [6, 6.07) is -0.738. The summed E-state index contributed by atoms with van der Waals surface area (Å²) in [5.74, 6) is -1.66. The van der Waals surface area contributed by atoms with Crippen LogP contribution in [-0.4, -0.2) is 58.0 Å². The Kier molecular flexibility index (Phi) is 7.82. The van der Waals surface area contributed by atoms with Crippen molar-refractivity contribution >= 4 is 31.6 Å². The summed E-state index contributed by atoms with van der Waals surface area (Å²) >= 11 is 3.95. The highest BCUT2D eigenvalue weighted by atomic mass is 32.1. The van der Waals surface area contributed by atoms with E-state index in [4.69, 9.17) is 21.5 Å². The van der Waals surface area contributed by atoms with Gasteiger partial charge in [-0.05, 0) is 31.5 Å². The molecule has 1 aliphatic carbocycles. The van der Waals surface area contributed by atoms with Crippen molar-refractivity contribution in [3.05, 3.63) is 0 Å². The predicted octanol–water partition coefficient (Wildman–Crippen LogP) is -1.58. The van der Waals surface area contributed by atoms with Crippen LogP contribution in [0.4, 0.5) is 0 Å². The van der Waals surface area contributed by atoms with Gasteiger partial charge >= 0.3 is 13.1 Å². The van der Waals surface area contributed by atoms with E-state index >= 15 is 0 Å². The van der Waals surface area contributed by atoms with E-state index in [-0.39, 0.29) is 36.9 Å². The molecule has 23 heavy (non-hydrogen) atoms. The van der Waals surface area contributed by atoms with Gasteiger partial charge < -0.3 is 31.9 Å². The highest BCUT2D eigenvalue weighted by Gasteiger charge is 2.46. The summed E-state index contributed by atoms with van der Waals surface area (Å²) in [4.78, 5) is 23.3. The van der Waals surface area contributed by atoms with Gasteiger partial charge in [0, 0.05) is 18.2 Å². The number of hydrogen-bond acceptors (Lipinski definition) is 7. The van der Waals surface area contributed by atoms with Gasteiger partial charge in [0.25, 0.3) is 0 Å². The number of nitrogens with two attached hydrogens (primary N) is 2. The molecule has 0 aromatic carbocycles. The number of thiol groups is 1. The van der Waals surface area contributed by atoms with Crippen LogP contribution in [0.25, 0.3) is 0 Å². The molecule has 1 rings (SSSR count). The molecule has 0 spiro atoms. The van der Waals surface area contributed by atoms with Gasteiger partial charge in [-0.3, -0.25) is 9.59 Å². The van der Waals surface area contributed by atoms with Gasteiger partial charge in [0.2, 0.25) is 5.91 Å². The largest absolute Gasteiger partial charge is 0.480 e. The van der Waals surface area contributed by atoms with Gasteiger partial charge in [-0.25, -0.2) is 0 Å². The first-order valence-electron chi connectivity index (χ1n) is 7.73. The Labute approximate surface area is 141 Å². The molecule has 0 bridgehead atoms. The predicted molar refractivity (Wildman–Crippen MR) is 89.8 cm³/mol. The molecule has 8 nitrogen and oxygen atoms in total. The van der Waals surface area contributed by atoms with Crippen LogP contribution in [0.3, 0.4) is 0 Å². The molecule has 1 saturated carbocycles. The molecule has 0 saturated heterocycles. The lowest BCUT2D eigenvalue weighted by molar-refractivity contribution is -0.148. The third-order valence-corrected chi connectivity index (χ3v) is 4.96. The lowest BCUT2D eigenvalue weighted by Crippen LogP contribution is -2.60. The number of amides is 1. The van der Waals surface area contributed by atoms with Gasteiger partial charge in [0.05, 0.1) is 6.04 Å². The van der Waals surface area contributed by atoms with Crippen molar-refractivity contribution in [3.63, 3.8) is 0 Å². The minimum absolute atomic E-state index is 0.0181. The van der Waals surface area contributed by atoms with Crippen molar-refractivity contribution in [1.82, 2.24) is 5.32 Å². The van der Waals surface area contributed by atoms with Gasteiger partial charge in [0.1, 0.15) is 5.54 Å². The molecule has 4 atom stereocenters. The second kappa shape index (κ2) is 8.88. The fraction of sp³-hybridized carbons (Fsp3) is 0.846. The zero-order valence-corrected chi connectivity index (χ0v) is 13.9. The Bertz CT molecular complexity index is 428. The van der Waals surface area contributed by atoms with Crippen molar-refractivity contribution in [1.29, 1.82) is 0 Å². The van der Waals surface area contributed by atoms with Crippen LogP contribution in [0.5, 0.6) is 0 Å².